The van der Waals surface area contributed by atoms with E-state index in [0.29, 0.717) is 0 Å². The van der Waals surface area contributed by atoms with Crippen molar-refractivity contribution < 1.29 is 5.11 Å². The third-order valence-electron chi connectivity index (χ3n) is 3.82. The molecular formula is C18H17NO. The Morgan fingerprint density at radius 3 is 2.50 bits per heavy atom. The second kappa shape index (κ2) is 4.73. The average molecular weight is 263 g/mol. The molecule has 1 heterocycles. The molecule has 0 amide bonds. The highest BCUT2D eigenvalue weighted by Gasteiger charge is 2.27. The van der Waals surface area contributed by atoms with Gasteiger partial charge in [0.1, 0.15) is 5.60 Å². The monoisotopic (exact) mass is 263 g/mol. The van der Waals surface area contributed by atoms with Gasteiger partial charge in [-0.2, -0.15) is 0 Å². The predicted molar refractivity (Wildman–Crippen MR) is 81.6 cm³/mol. The summed E-state index contributed by atoms with van der Waals surface area (Å²) >= 11 is 0. The van der Waals surface area contributed by atoms with Gasteiger partial charge in [0.2, 0.25) is 0 Å². The van der Waals surface area contributed by atoms with Crippen molar-refractivity contribution in [1.29, 1.82) is 0 Å². The van der Waals surface area contributed by atoms with Crippen LogP contribution in [0.2, 0.25) is 0 Å². The topological polar surface area (TPSA) is 33.1 Å². The molecule has 0 aliphatic heterocycles. The summed E-state index contributed by atoms with van der Waals surface area (Å²) in [5.74, 6) is 0. The molecule has 2 aromatic carbocycles. The van der Waals surface area contributed by atoms with E-state index >= 15 is 0 Å². The molecule has 1 N–H and O–H groups in total. The lowest BCUT2D eigenvalue weighted by molar-refractivity contribution is 0.104. The van der Waals surface area contributed by atoms with Crippen molar-refractivity contribution >= 4 is 10.8 Å². The normalized spacial score (nSPS) is 14.2. The van der Waals surface area contributed by atoms with Crippen molar-refractivity contribution in [1.82, 2.24) is 4.98 Å². The van der Waals surface area contributed by atoms with Crippen LogP contribution in [0.15, 0.2) is 60.9 Å². The summed E-state index contributed by atoms with van der Waals surface area (Å²) in [5, 5.41) is 13.1. The molecule has 0 fully saturated rings. The van der Waals surface area contributed by atoms with Crippen LogP contribution in [0.5, 0.6) is 0 Å². The second-order valence-corrected chi connectivity index (χ2v) is 5.34. The number of aliphatic hydroxyl groups is 1. The third kappa shape index (κ3) is 2.08. The molecule has 2 nitrogen and oxygen atoms in total. The van der Waals surface area contributed by atoms with Crippen molar-refractivity contribution in [2.45, 2.75) is 19.4 Å². The second-order valence-electron chi connectivity index (χ2n) is 5.34. The van der Waals surface area contributed by atoms with E-state index in [9.17, 15) is 5.11 Å². The highest BCUT2D eigenvalue weighted by atomic mass is 16.3. The molecule has 1 aromatic heterocycles. The maximum Gasteiger partial charge on any atom is 0.112 e. The van der Waals surface area contributed by atoms with Crippen molar-refractivity contribution in [3.63, 3.8) is 0 Å². The van der Waals surface area contributed by atoms with E-state index in [1.165, 1.54) is 5.56 Å². The summed E-state index contributed by atoms with van der Waals surface area (Å²) < 4.78 is 0. The zero-order valence-electron chi connectivity index (χ0n) is 11.7. The zero-order chi connectivity index (χ0) is 14.2. The highest BCUT2D eigenvalue weighted by Crippen LogP contribution is 2.33. The molecule has 0 saturated carbocycles. The smallest absolute Gasteiger partial charge is 0.112 e. The van der Waals surface area contributed by atoms with E-state index in [1.807, 2.05) is 68.6 Å². The standard InChI is InChI=1S/C18H17NO/c1-13-6-8-15(9-7-13)18(2,20)17-5-3-4-14-12-19-11-10-16(14)17/h3-12,20H,1-2H3. The molecule has 2 heteroatoms. The Labute approximate surface area is 118 Å². The number of hydrogen-bond acceptors (Lipinski definition) is 2. The highest BCUT2D eigenvalue weighted by molar-refractivity contribution is 5.86. The fourth-order valence-corrected chi connectivity index (χ4v) is 2.58. The van der Waals surface area contributed by atoms with E-state index in [-0.39, 0.29) is 0 Å². The minimum Gasteiger partial charge on any atom is -0.381 e. The first-order valence-electron chi connectivity index (χ1n) is 6.72. The van der Waals surface area contributed by atoms with Crippen molar-refractivity contribution in [3.8, 4) is 0 Å². The molecule has 1 unspecified atom stereocenters. The molecule has 0 saturated heterocycles. The van der Waals surface area contributed by atoms with Crippen LogP contribution in [0, 0.1) is 6.92 Å². The molecule has 0 spiro atoms. The van der Waals surface area contributed by atoms with E-state index in [1.54, 1.807) is 6.20 Å². The minimum absolute atomic E-state index is 0.896. The van der Waals surface area contributed by atoms with Gasteiger partial charge in [-0.25, -0.2) is 0 Å². The van der Waals surface area contributed by atoms with Crippen LogP contribution in [-0.2, 0) is 5.60 Å². The number of aromatic nitrogens is 1. The predicted octanol–water partition coefficient (Wildman–Crippen LogP) is 3.80. The van der Waals surface area contributed by atoms with Gasteiger partial charge < -0.3 is 5.11 Å². The maximum absolute atomic E-state index is 11.0. The zero-order valence-corrected chi connectivity index (χ0v) is 11.7. The lowest BCUT2D eigenvalue weighted by Crippen LogP contribution is -2.23. The molecule has 3 aromatic rings. The average Bonchev–Trinajstić information content (AvgIpc) is 2.47. The number of pyridine rings is 1. The first-order chi connectivity index (χ1) is 9.59. The van der Waals surface area contributed by atoms with Gasteiger partial charge in [-0.3, -0.25) is 4.98 Å². The fourth-order valence-electron chi connectivity index (χ4n) is 2.58. The number of hydrogen-bond donors (Lipinski definition) is 1. The first kappa shape index (κ1) is 12.8. The fraction of sp³-hybridized carbons (Fsp3) is 0.167. The van der Waals surface area contributed by atoms with E-state index < -0.39 is 5.60 Å². The quantitative estimate of drug-likeness (QED) is 0.763. The third-order valence-corrected chi connectivity index (χ3v) is 3.82. The van der Waals surface area contributed by atoms with Gasteiger partial charge in [-0.1, -0.05) is 48.0 Å². The Balaban J connectivity index is 2.20. The van der Waals surface area contributed by atoms with Crippen LogP contribution >= 0.6 is 0 Å². The van der Waals surface area contributed by atoms with Gasteiger partial charge in [-0.15, -0.1) is 0 Å². The lowest BCUT2D eigenvalue weighted by atomic mass is 9.85. The Bertz CT molecular complexity index is 739. The first-order valence-corrected chi connectivity index (χ1v) is 6.72. The summed E-state index contributed by atoms with van der Waals surface area (Å²) in [5.41, 5.74) is 1.97. The SMILES string of the molecule is Cc1ccc(C(C)(O)c2cccc3cnccc23)cc1. The Hall–Kier alpha value is -2.19. The number of nitrogens with zero attached hydrogens (tertiary/aromatic N) is 1. The van der Waals surface area contributed by atoms with Crippen LogP contribution in [0.3, 0.4) is 0 Å². The van der Waals surface area contributed by atoms with Gasteiger partial charge in [-0.05, 0) is 36.4 Å². The van der Waals surface area contributed by atoms with Crippen LogP contribution in [0.1, 0.15) is 23.6 Å². The van der Waals surface area contributed by atoms with Crippen molar-refractivity contribution in [3.05, 3.63) is 77.6 Å². The van der Waals surface area contributed by atoms with Crippen LogP contribution in [0.4, 0.5) is 0 Å². The molecule has 0 aliphatic carbocycles. The van der Waals surface area contributed by atoms with Crippen molar-refractivity contribution in [2.75, 3.05) is 0 Å². The molecule has 100 valence electrons. The number of aryl methyl sites for hydroxylation is 1. The maximum atomic E-state index is 11.0. The Morgan fingerprint density at radius 1 is 1.00 bits per heavy atom. The largest absolute Gasteiger partial charge is 0.381 e. The molecule has 1 atom stereocenters. The molecule has 3 rings (SSSR count). The molecule has 0 bridgehead atoms. The van der Waals surface area contributed by atoms with Crippen molar-refractivity contribution in [2.24, 2.45) is 0 Å². The molecular weight excluding hydrogens is 246 g/mol. The molecule has 0 aliphatic rings. The van der Waals surface area contributed by atoms with Gasteiger partial charge in [0, 0.05) is 17.8 Å². The summed E-state index contributed by atoms with van der Waals surface area (Å²) in [4.78, 5) is 4.14. The Kier molecular flexibility index (Phi) is 3.03. The lowest BCUT2D eigenvalue weighted by Gasteiger charge is -2.26. The summed E-state index contributed by atoms with van der Waals surface area (Å²) in [7, 11) is 0. The number of fused-ring (bicyclic) bond motifs is 1. The number of rotatable bonds is 2. The van der Waals surface area contributed by atoms with E-state index in [0.717, 1.165) is 21.9 Å². The van der Waals surface area contributed by atoms with E-state index in [2.05, 4.69) is 4.98 Å². The number of benzene rings is 2. The summed E-state index contributed by atoms with van der Waals surface area (Å²) in [6.45, 7) is 3.88. The van der Waals surface area contributed by atoms with Gasteiger partial charge in [0.25, 0.3) is 0 Å². The Morgan fingerprint density at radius 2 is 1.75 bits per heavy atom. The van der Waals surface area contributed by atoms with Gasteiger partial charge in [0.15, 0.2) is 0 Å². The van der Waals surface area contributed by atoms with Crippen LogP contribution in [-0.4, -0.2) is 10.1 Å². The van der Waals surface area contributed by atoms with Gasteiger partial charge >= 0.3 is 0 Å². The summed E-state index contributed by atoms with van der Waals surface area (Å²) in [6, 6.07) is 15.9. The molecule has 20 heavy (non-hydrogen) atoms. The minimum atomic E-state index is -1.02. The van der Waals surface area contributed by atoms with E-state index in [4.69, 9.17) is 0 Å². The van der Waals surface area contributed by atoms with Gasteiger partial charge in [0.05, 0.1) is 0 Å². The molecule has 0 radical (unpaired) electrons. The van der Waals surface area contributed by atoms with Crippen LogP contribution < -0.4 is 0 Å². The summed E-state index contributed by atoms with van der Waals surface area (Å²) in [6.07, 6.45) is 3.58. The van der Waals surface area contributed by atoms with Crippen LogP contribution in [0.25, 0.3) is 10.8 Å².